The highest BCUT2D eigenvalue weighted by Crippen LogP contribution is 2.17. The Morgan fingerprint density at radius 3 is 2.86 bits per heavy atom. The van der Waals surface area contributed by atoms with Crippen molar-refractivity contribution in [2.75, 3.05) is 40.4 Å². The van der Waals surface area contributed by atoms with Gasteiger partial charge in [0.25, 0.3) is 0 Å². The summed E-state index contributed by atoms with van der Waals surface area (Å²) in [5.74, 6) is 0.0520. The molecule has 21 heavy (non-hydrogen) atoms. The highest BCUT2D eigenvalue weighted by molar-refractivity contribution is 6.31. The second-order valence-electron chi connectivity index (χ2n) is 4.76. The summed E-state index contributed by atoms with van der Waals surface area (Å²) in [6.07, 6.45) is 0. The number of methoxy groups -OCH3 is 1. The molecule has 0 aliphatic rings. The molecule has 0 radical (unpaired) electrons. The molecule has 0 saturated heterocycles. The van der Waals surface area contributed by atoms with E-state index in [9.17, 15) is 0 Å². The molecule has 1 aromatic rings. The minimum atomic E-state index is 0.0520. The van der Waals surface area contributed by atoms with Crippen molar-refractivity contribution in [2.45, 2.75) is 6.54 Å². The molecule has 0 spiro atoms. The van der Waals surface area contributed by atoms with Gasteiger partial charge in [-0.3, -0.25) is 0 Å². The molecule has 0 saturated carbocycles. The number of nitrogens with two attached hydrogens (primary N) is 1. The number of rotatable bonds is 9. The van der Waals surface area contributed by atoms with Gasteiger partial charge in [0.1, 0.15) is 0 Å². The monoisotopic (exact) mass is 314 g/mol. The van der Waals surface area contributed by atoms with Gasteiger partial charge in [-0.05, 0) is 18.7 Å². The summed E-state index contributed by atoms with van der Waals surface area (Å²) in [7, 11) is 3.76. The fourth-order valence-corrected chi connectivity index (χ4v) is 2.01. The van der Waals surface area contributed by atoms with E-state index in [-0.39, 0.29) is 5.84 Å². The van der Waals surface area contributed by atoms with Crippen LogP contribution in [0.15, 0.2) is 23.4 Å². The topological polar surface area (TPSA) is 83.1 Å². The predicted molar refractivity (Wildman–Crippen MR) is 85.0 cm³/mol. The van der Waals surface area contributed by atoms with Crippen LogP contribution in [0.25, 0.3) is 0 Å². The maximum absolute atomic E-state index is 8.63. The summed E-state index contributed by atoms with van der Waals surface area (Å²) in [6.45, 7) is 4.11. The summed E-state index contributed by atoms with van der Waals surface area (Å²) in [4.78, 5) is 2.19. The van der Waals surface area contributed by atoms with E-state index in [1.165, 1.54) is 0 Å². The van der Waals surface area contributed by atoms with Gasteiger partial charge in [0.2, 0.25) is 0 Å². The van der Waals surface area contributed by atoms with Crippen LogP contribution in [0, 0.1) is 0 Å². The fourth-order valence-electron chi connectivity index (χ4n) is 1.76. The van der Waals surface area contributed by atoms with Gasteiger partial charge in [0, 0.05) is 43.9 Å². The van der Waals surface area contributed by atoms with E-state index in [1.807, 2.05) is 6.07 Å². The summed E-state index contributed by atoms with van der Waals surface area (Å²) < 4.78 is 5.03. The molecular weight excluding hydrogens is 292 g/mol. The average Bonchev–Trinajstić information content (AvgIpc) is 2.49. The van der Waals surface area contributed by atoms with Crippen molar-refractivity contribution in [2.24, 2.45) is 10.9 Å². The zero-order valence-electron chi connectivity index (χ0n) is 12.5. The molecule has 0 aliphatic carbocycles. The van der Waals surface area contributed by atoms with Gasteiger partial charge in [-0.15, -0.1) is 0 Å². The van der Waals surface area contributed by atoms with Gasteiger partial charge in [-0.25, -0.2) is 0 Å². The number of ether oxygens (including phenoxy) is 1. The number of oxime groups is 1. The van der Waals surface area contributed by atoms with Crippen LogP contribution in [0.1, 0.15) is 11.1 Å². The Hall–Kier alpha value is -1.34. The Morgan fingerprint density at radius 1 is 1.48 bits per heavy atom. The third kappa shape index (κ3) is 6.31. The van der Waals surface area contributed by atoms with E-state index in [2.05, 4.69) is 22.4 Å². The maximum Gasteiger partial charge on any atom is 0.170 e. The number of nitrogens with zero attached hydrogens (tertiary/aromatic N) is 2. The first-order valence-corrected chi connectivity index (χ1v) is 7.10. The lowest BCUT2D eigenvalue weighted by Gasteiger charge is -2.16. The molecule has 0 fully saturated rings. The summed E-state index contributed by atoms with van der Waals surface area (Å²) in [5, 5.41) is 15.5. The molecule has 6 nitrogen and oxygen atoms in total. The SMILES string of the molecule is COCCN(C)CCNCc1ccc(/C(N)=N/O)cc1Cl. The average molecular weight is 315 g/mol. The van der Waals surface area contributed by atoms with Crippen molar-refractivity contribution in [3.8, 4) is 0 Å². The van der Waals surface area contributed by atoms with Gasteiger partial charge < -0.3 is 25.9 Å². The van der Waals surface area contributed by atoms with E-state index < -0.39 is 0 Å². The van der Waals surface area contributed by atoms with Gasteiger partial charge in [0.15, 0.2) is 5.84 Å². The minimum absolute atomic E-state index is 0.0520. The molecule has 7 heteroatoms. The van der Waals surface area contributed by atoms with Gasteiger partial charge in [-0.2, -0.15) is 0 Å². The number of benzene rings is 1. The molecule has 0 aromatic heterocycles. The van der Waals surface area contributed by atoms with Crippen molar-refractivity contribution >= 4 is 17.4 Å². The molecule has 4 N–H and O–H groups in total. The molecule has 0 atom stereocenters. The van der Waals surface area contributed by atoms with Crippen molar-refractivity contribution in [1.82, 2.24) is 10.2 Å². The molecule has 1 rings (SSSR count). The lowest BCUT2D eigenvalue weighted by atomic mass is 10.1. The molecule has 0 aliphatic heterocycles. The van der Waals surface area contributed by atoms with E-state index in [0.29, 0.717) is 17.1 Å². The van der Waals surface area contributed by atoms with E-state index >= 15 is 0 Å². The highest BCUT2D eigenvalue weighted by Gasteiger charge is 2.05. The summed E-state index contributed by atoms with van der Waals surface area (Å²) >= 11 is 6.18. The highest BCUT2D eigenvalue weighted by atomic mass is 35.5. The van der Waals surface area contributed by atoms with Crippen LogP contribution in [0.4, 0.5) is 0 Å². The fraction of sp³-hybridized carbons (Fsp3) is 0.500. The Kier molecular flexibility index (Phi) is 8.07. The zero-order chi connectivity index (χ0) is 15.7. The van der Waals surface area contributed by atoms with Gasteiger partial charge >= 0.3 is 0 Å². The number of nitrogens with one attached hydrogen (secondary N) is 1. The van der Waals surface area contributed by atoms with Crippen LogP contribution < -0.4 is 11.1 Å². The Bertz CT molecular complexity index is 468. The number of hydrogen-bond acceptors (Lipinski definition) is 5. The molecule has 0 amide bonds. The molecule has 1 aromatic carbocycles. The molecule has 0 bridgehead atoms. The molecule has 0 heterocycles. The van der Waals surface area contributed by atoms with Crippen LogP contribution in [0.3, 0.4) is 0 Å². The Morgan fingerprint density at radius 2 is 2.24 bits per heavy atom. The third-order valence-corrected chi connectivity index (χ3v) is 3.47. The maximum atomic E-state index is 8.63. The lowest BCUT2D eigenvalue weighted by Crippen LogP contribution is -2.31. The zero-order valence-corrected chi connectivity index (χ0v) is 13.2. The second kappa shape index (κ2) is 9.57. The number of halogens is 1. The smallest absolute Gasteiger partial charge is 0.170 e. The third-order valence-electron chi connectivity index (χ3n) is 3.12. The first-order valence-electron chi connectivity index (χ1n) is 6.73. The molecular formula is C14H23ClN4O2. The number of amidine groups is 1. The van der Waals surface area contributed by atoms with Gasteiger partial charge in [0.05, 0.1) is 6.61 Å². The summed E-state index contributed by atoms with van der Waals surface area (Å²) in [6, 6.07) is 5.35. The predicted octanol–water partition coefficient (Wildman–Crippen LogP) is 1.10. The van der Waals surface area contributed by atoms with Crippen LogP contribution in [0.5, 0.6) is 0 Å². The van der Waals surface area contributed by atoms with Crippen molar-refractivity contribution < 1.29 is 9.94 Å². The van der Waals surface area contributed by atoms with E-state index in [4.69, 9.17) is 27.3 Å². The van der Waals surface area contributed by atoms with Crippen LogP contribution >= 0.6 is 11.6 Å². The normalized spacial score (nSPS) is 12.1. The van der Waals surface area contributed by atoms with Crippen molar-refractivity contribution in [3.63, 3.8) is 0 Å². The Labute approximate surface area is 130 Å². The van der Waals surface area contributed by atoms with E-state index in [1.54, 1.807) is 19.2 Å². The quantitative estimate of drug-likeness (QED) is 0.209. The van der Waals surface area contributed by atoms with Crippen LogP contribution in [-0.4, -0.2) is 56.3 Å². The van der Waals surface area contributed by atoms with E-state index in [0.717, 1.165) is 31.8 Å². The second-order valence-corrected chi connectivity index (χ2v) is 5.17. The number of likely N-dealkylation sites (N-methyl/N-ethyl adjacent to an activating group) is 1. The van der Waals surface area contributed by atoms with Crippen molar-refractivity contribution in [1.29, 1.82) is 0 Å². The lowest BCUT2D eigenvalue weighted by molar-refractivity contribution is 0.161. The van der Waals surface area contributed by atoms with Gasteiger partial charge in [-0.1, -0.05) is 28.9 Å². The molecule has 118 valence electrons. The molecule has 0 unspecified atom stereocenters. The standard InChI is InChI=1S/C14H23ClN4O2/c1-19(7-8-21-2)6-5-17-10-12-4-3-11(9-13(12)15)14(16)18-20/h3-4,9,17,20H,5-8,10H2,1-2H3,(H2,16,18). The first kappa shape index (κ1) is 17.7. The number of hydrogen-bond donors (Lipinski definition) is 3. The first-order chi connectivity index (χ1) is 10.1. The Balaban J connectivity index is 2.39. The largest absolute Gasteiger partial charge is 0.409 e. The summed E-state index contributed by atoms with van der Waals surface area (Å²) in [5.41, 5.74) is 7.10. The van der Waals surface area contributed by atoms with Crippen LogP contribution in [0.2, 0.25) is 5.02 Å². The van der Waals surface area contributed by atoms with Crippen molar-refractivity contribution in [3.05, 3.63) is 34.3 Å². The minimum Gasteiger partial charge on any atom is -0.409 e. The van der Waals surface area contributed by atoms with Crippen LogP contribution in [-0.2, 0) is 11.3 Å².